The molecule has 0 unspecified atom stereocenters. The van der Waals surface area contributed by atoms with Crippen molar-refractivity contribution in [3.63, 3.8) is 0 Å². The summed E-state index contributed by atoms with van der Waals surface area (Å²) in [4.78, 5) is 13.9. The molecule has 0 fully saturated rings. The summed E-state index contributed by atoms with van der Waals surface area (Å²) in [5, 5.41) is 0. The lowest BCUT2D eigenvalue weighted by molar-refractivity contribution is 0.0989. The number of amides is 1. The van der Waals surface area contributed by atoms with Crippen molar-refractivity contribution in [2.75, 3.05) is 11.4 Å². The number of hydrogen-bond acceptors (Lipinski definition) is 1. The van der Waals surface area contributed by atoms with Crippen molar-refractivity contribution in [1.82, 2.24) is 0 Å². The molecule has 1 aliphatic rings. The first kappa shape index (κ1) is 11.8. The normalized spacial score (nSPS) is 13.5. The third-order valence-corrected chi connectivity index (χ3v) is 3.25. The highest BCUT2D eigenvalue weighted by Gasteiger charge is 2.25. The van der Waals surface area contributed by atoms with E-state index in [-0.39, 0.29) is 11.7 Å². The van der Waals surface area contributed by atoms with Crippen LogP contribution in [0.15, 0.2) is 42.5 Å². The minimum absolute atomic E-state index is 0.259. The summed E-state index contributed by atoms with van der Waals surface area (Å²) in [6.45, 7) is 0.494. The van der Waals surface area contributed by atoms with Gasteiger partial charge < -0.3 is 4.90 Å². The molecule has 0 atom stereocenters. The summed E-state index contributed by atoms with van der Waals surface area (Å²) >= 11 is 0. The molecule has 0 aliphatic carbocycles. The van der Waals surface area contributed by atoms with E-state index in [1.807, 2.05) is 0 Å². The maximum Gasteiger partial charge on any atom is 0.258 e. The Kier molecular flexibility index (Phi) is 2.78. The molecule has 3 rings (SSSR count). The lowest BCUT2D eigenvalue weighted by atomic mass is 10.1. The largest absolute Gasteiger partial charge is 0.308 e. The van der Waals surface area contributed by atoms with Crippen LogP contribution < -0.4 is 4.90 Å². The minimum atomic E-state index is -0.440. The van der Waals surface area contributed by atoms with E-state index in [4.69, 9.17) is 0 Å². The highest BCUT2D eigenvalue weighted by Crippen LogP contribution is 2.29. The average molecular weight is 259 g/mol. The Labute approximate surface area is 109 Å². The second kappa shape index (κ2) is 4.46. The molecule has 2 nitrogen and oxygen atoms in total. The van der Waals surface area contributed by atoms with Crippen LogP contribution in [-0.4, -0.2) is 12.5 Å². The standard InChI is InChI=1S/C15H11F2NO/c16-12-3-1-2-11(9-12)15(19)18-7-6-10-8-13(17)4-5-14(10)18/h1-5,8-9H,6-7H2. The highest BCUT2D eigenvalue weighted by molar-refractivity contribution is 6.07. The average Bonchev–Trinajstić information content (AvgIpc) is 2.80. The van der Waals surface area contributed by atoms with Gasteiger partial charge in [-0.2, -0.15) is 0 Å². The summed E-state index contributed by atoms with van der Waals surface area (Å²) in [5.74, 6) is -1.01. The fraction of sp³-hybridized carbons (Fsp3) is 0.133. The second-order valence-corrected chi connectivity index (χ2v) is 4.49. The maximum atomic E-state index is 13.1. The zero-order chi connectivity index (χ0) is 13.4. The van der Waals surface area contributed by atoms with Crippen molar-refractivity contribution in [3.8, 4) is 0 Å². The molecule has 96 valence electrons. The summed E-state index contributed by atoms with van der Waals surface area (Å²) in [6.07, 6.45) is 0.619. The van der Waals surface area contributed by atoms with Crippen LogP contribution in [0.1, 0.15) is 15.9 Å². The molecule has 0 spiro atoms. The smallest absolute Gasteiger partial charge is 0.258 e. The number of hydrogen-bond donors (Lipinski definition) is 0. The Morgan fingerprint density at radius 1 is 1.05 bits per heavy atom. The van der Waals surface area contributed by atoms with Crippen molar-refractivity contribution in [2.45, 2.75) is 6.42 Å². The first-order valence-electron chi connectivity index (χ1n) is 6.01. The van der Waals surface area contributed by atoms with Gasteiger partial charge in [0, 0.05) is 17.8 Å². The van der Waals surface area contributed by atoms with Crippen LogP contribution in [0.25, 0.3) is 0 Å². The number of rotatable bonds is 1. The number of halogens is 2. The Morgan fingerprint density at radius 3 is 2.63 bits per heavy atom. The molecule has 2 aromatic carbocycles. The second-order valence-electron chi connectivity index (χ2n) is 4.49. The molecule has 0 saturated heterocycles. The van der Waals surface area contributed by atoms with Gasteiger partial charge in [-0.1, -0.05) is 6.07 Å². The first-order valence-corrected chi connectivity index (χ1v) is 6.01. The lowest BCUT2D eigenvalue weighted by Crippen LogP contribution is -2.28. The Hall–Kier alpha value is -2.23. The van der Waals surface area contributed by atoms with Crippen molar-refractivity contribution < 1.29 is 13.6 Å². The van der Waals surface area contributed by atoms with Crippen LogP contribution in [0.5, 0.6) is 0 Å². The van der Waals surface area contributed by atoms with Crippen LogP contribution in [-0.2, 0) is 6.42 Å². The van der Waals surface area contributed by atoms with E-state index in [9.17, 15) is 13.6 Å². The van der Waals surface area contributed by atoms with Crippen molar-refractivity contribution in [3.05, 3.63) is 65.2 Å². The van der Waals surface area contributed by atoms with Gasteiger partial charge in [-0.05, 0) is 48.4 Å². The minimum Gasteiger partial charge on any atom is -0.308 e. The van der Waals surface area contributed by atoms with Gasteiger partial charge >= 0.3 is 0 Å². The molecule has 19 heavy (non-hydrogen) atoms. The van der Waals surface area contributed by atoms with Crippen molar-refractivity contribution >= 4 is 11.6 Å². The van der Waals surface area contributed by atoms with E-state index in [2.05, 4.69) is 0 Å². The molecule has 0 saturated carbocycles. The molecule has 1 aliphatic heterocycles. The quantitative estimate of drug-likeness (QED) is 0.770. The van der Waals surface area contributed by atoms with E-state index in [0.29, 0.717) is 24.2 Å². The summed E-state index contributed by atoms with van der Waals surface area (Å²) in [6, 6.07) is 9.95. The van der Waals surface area contributed by atoms with E-state index in [1.165, 1.54) is 30.3 Å². The molecule has 1 heterocycles. The van der Waals surface area contributed by atoms with Crippen molar-refractivity contribution in [1.29, 1.82) is 0 Å². The molecule has 2 aromatic rings. The van der Waals surface area contributed by atoms with E-state index in [0.717, 1.165) is 5.56 Å². The van der Waals surface area contributed by atoms with Crippen LogP contribution >= 0.6 is 0 Å². The predicted octanol–water partition coefficient (Wildman–Crippen LogP) is 3.17. The Morgan fingerprint density at radius 2 is 1.84 bits per heavy atom. The maximum absolute atomic E-state index is 13.1. The fourth-order valence-electron chi connectivity index (χ4n) is 2.36. The van der Waals surface area contributed by atoms with Crippen molar-refractivity contribution in [2.24, 2.45) is 0 Å². The number of fused-ring (bicyclic) bond motifs is 1. The van der Waals surface area contributed by atoms with Gasteiger partial charge in [0.1, 0.15) is 11.6 Å². The zero-order valence-electron chi connectivity index (χ0n) is 10.1. The zero-order valence-corrected chi connectivity index (χ0v) is 10.1. The summed E-state index contributed by atoms with van der Waals surface area (Å²) < 4.78 is 26.3. The lowest BCUT2D eigenvalue weighted by Gasteiger charge is -2.17. The summed E-state index contributed by atoms with van der Waals surface area (Å²) in [5.41, 5.74) is 1.82. The highest BCUT2D eigenvalue weighted by atomic mass is 19.1. The molecular weight excluding hydrogens is 248 g/mol. The number of anilines is 1. The SMILES string of the molecule is O=C(c1cccc(F)c1)N1CCc2cc(F)ccc21. The first-order chi connectivity index (χ1) is 9.15. The van der Waals surface area contributed by atoms with E-state index < -0.39 is 5.82 Å². The fourth-order valence-corrected chi connectivity index (χ4v) is 2.36. The number of carbonyl (C=O) groups excluding carboxylic acids is 1. The molecule has 4 heteroatoms. The molecule has 0 N–H and O–H groups in total. The van der Waals surface area contributed by atoms with Gasteiger partial charge in [0.25, 0.3) is 5.91 Å². The molecule has 0 bridgehead atoms. The van der Waals surface area contributed by atoms with Gasteiger partial charge in [-0.15, -0.1) is 0 Å². The molecular formula is C15H11F2NO. The van der Waals surface area contributed by atoms with Crippen LogP contribution in [0.4, 0.5) is 14.5 Å². The Bertz CT molecular complexity index is 654. The summed E-state index contributed by atoms with van der Waals surface area (Å²) in [7, 11) is 0. The van der Waals surface area contributed by atoms with Gasteiger partial charge in [0.05, 0.1) is 0 Å². The van der Waals surface area contributed by atoms with Crippen LogP contribution in [0.2, 0.25) is 0 Å². The van der Waals surface area contributed by atoms with Crippen LogP contribution in [0, 0.1) is 11.6 Å². The number of benzene rings is 2. The third-order valence-electron chi connectivity index (χ3n) is 3.25. The van der Waals surface area contributed by atoms with Gasteiger partial charge in [0.15, 0.2) is 0 Å². The molecule has 0 radical (unpaired) electrons. The van der Waals surface area contributed by atoms with Gasteiger partial charge in [-0.25, -0.2) is 8.78 Å². The van der Waals surface area contributed by atoms with E-state index in [1.54, 1.807) is 17.0 Å². The van der Waals surface area contributed by atoms with Gasteiger partial charge in [0.2, 0.25) is 0 Å². The third kappa shape index (κ3) is 2.10. The molecule has 1 amide bonds. The van der Waals surface area contributed by atoms with E-state index >= 15 is 0 Å². The number of carbonyl (C=O) groups is 1. The Balaban J connectivity index is 1.95. The monoisotopic (exact) mass is 259 g/mol. The number of nitrogens with zero attached hydrogens (tertiary/aromatic N) is 1. The topological polar surface area (TPSA) is 20.3 Å². The molecule has 0 aromatic heterocycles. The predicted molar refractivity (Wildman–Crippen MR) is 68.2 cm³/mol. The van der Waals surface area contributed by atoms with Gasteiger partial charge in [-0.3, -0.25) is 4.79 Å². The van der Waals surface area contributed by atoms with Crippen LogP contribution in [0.3, 0.4) is 0 Å².